The molecule has 1 aliphatic rings. The Labute approximate surface area is 141 Å². The third-order valence-corrected chi connectivity index (χ3v) is 4.34. The van der Waals surface area contributed by atoms with Gasteiger partial charge in [-0.1, -0.05) is 12.1 Å². The molecule has 1 aromatic carbocycles. The number of nitrogens with zero attached hydrogens (tertiary/aromatic N) is 3. The Kier molecular flexibility index (Phi) is 4.93. The molecule has 1 atom stereocenters. The van der Waals surface area contributed by atoms with Gasteiger partial charge in [0.15, 0.2) is 0 Å². The highest BCUT2D eigenvalue weighted by Gasteiger charge is 2.33. The van der Waals surface area contributed by atoms with Gasteiger partial charge < -0.3 is 14.2 Å². The largest absolute Gasteiger partial charge is 0.467 e. The Hall–Kier alpha value is -2.63. The molecule has 6 heteroatoms. The molecule has 2 heterocycles. The quantitative estimate of drug-likeness (QED) is 0.807. The van der Waals surface area contributed by atoms with E-state index in [-0.39, 0.29) is 11.9 Å². The topological polar surface area (TPSA) is 64.4 Å². The van der Waals surface area contributed by atoms with Crippen LogP contribution in [0, 0.1) is 0 Å². The normalized spacial score (nSPS) is 17.5. The Bertz CT molecular complexity index is 712. The van der Waals surface area contributed by atoms with Gasteiger partial charge in [0.2, 0.25) is 0 Å². The molecule has 0 bridgehead atoms. The number of rotatable bonds is 4. The van der Waals surface area contributed by atoms with Crippen LogP contribution in [0.4, 0.5) is 0 Å². The minimum atomic E-state index is -0.478. The van der Waals surface area contributed by atoms with Crippen molar-refractivity contribution < 1.29 is 14.3 Å². The molecular formula is C18H21N3O3. The lowest BCUT2D eigenvalue weighted by Crippen LogP contribution is -2.48. The molecule has 24 heavy (non-hydrogen) atoms. The summed E-state index contributed by atoms with van der Waals surface area (Å²) in [6, 6.07) is 7.04. The molecule has 3 rings (SSSR count). The number of ether oxygens (including phenoxy) is 1. The molecule has 1 fully saturated rings. The number of aromatic nitrogens is 2. The van der Waals surface area contributed by atoms with Crippen molar-refractivity contribution in [3.63, 3.8) is 0 Å². The molecule has 1 aromatic heterocycles. The van der Waals surface area contributed by atoms with E-state index in [1.54, 1.807) is 23.5 Å². The van der Waals surface area contributed by atoms with E-state index in [2.05, 4.69) is 4.98 Å². The number of imidazole rings is 1. The number of carbonyl (C=O) groups is 2. The minimum Gasteiger partial charge on any atom is -0.467 e. The van der Waals surface area contributed by atoms with Crippen molar-refractivity contribution in [3.05, 3.63) is 54.1 Å². The van der Waals surface area contributed by atoms with E-state index in [9.17, 15) is 9.59 Å². The standard InChI is InChI=1S/C18H21N3O3/c1-24-18(23)16-7-2-3-9-21(16)17(22)15-6-4-5-14(11-15)12-20-10-8-19-13-20/h4-6,8,10-11,13,16H,2-3,7,9,12H2,1H3/t16-/m1/s1. The van der Waals surface area contributed by atoms with Crippen LogP contribution in [0.1, 0.15) is 35.2 Å². The highest BCUT2D eigenvalue weighted by atomic mass is 16.5. The molecule has 1 saturated heterocycles. The van der Waals surface area contributed by atoms with E-state index in [4.69, 9.17) is 4.74 Å². The predicted molar refractivity (Wildman–Crippen MR) is 88.5 cm³/mol. The van der Waals surface area contributed by atoms with E-state index in [0.29, 0.717) is 25.1 Å². The van der Waals surface area contributed by atoms with E-state index < -0.39 is 6.04 Å². The van der Waals surface area contributed by atoms with Crippen LogP contribution in [0.3, 0.4) is 0 Å². The highest BCUT2D eigenvalue weighted by molar-refractivity contribution is 5.97. The van der Waals surface area contributed by atoms with Crippen LogP contribution in [0.5, 0.6) is 0 Å². The zero-order chi connectivity index (χ0) is 16.9. The molecular weight excluding hydrogens is 306 g/mol. The number of benzene rings is 1. The second kappa shape index (κ2) is 7.29. The highest BCUT2D eigenvalue weighted by Crippen LogP contribution is 2.21. The van der Waals surface area contributed by atoms with Crippen molar-refractivity contribution >= 4 is 11.9 Å². The summed E-state index contributed by atoms with van der Waals surface area (Å²) in [5, 5.41) is 0. The summed E-state index contributed by atoms with van der Waals surface area (Å²) >= 11 is 0. The fourth-order valence-corrected chi connectivity index (χ4v) is 3.12. The summed E-state index contributed by atoms with van der Waals surface area (Å²) in [6.07, 6.45) is 7.86. The summed E-state index contributed by atoms with van der Waals surface area (Å²) in [4.78, 5) is 30.5. The zero-order valence-electron chi connectivity index (χ0n) is 13.7. The van der Waals surface area contributed by atoms with Gasteiger partial charge in [0.1, 0.15) is 6.04 Å². The number of amides is 1. The second-order valence-corrected chi connectivity index (χ2v) is 5.97. The average Bonchev–Trinajstić information content (AvgIpc) is 3.13. The van der Waals surface area contributed by atoms with Crippen molar-refractivity contribution in [2.75, 3.05) is 13.7 Å². The molecule has 1 aliphatic heterocycles. The van der Waals surface area contributed by atoms with E-state index in [1.165, 1.54) is 7.11 Å². The van der Waals surface area contributed by atoms with Crippen molar-refractivity contribution in [2.45, 2.75) is 31.8 Å². The molecule has 0 unspecified atom stereocenters. The summed E-state index contributed by atoms with van der Waals surface area (Å²) in [6.45, 7) is 1.24. The molecule has 1 amide bonds. The lowest BCUT2D eigenvalue weighted by atomic mass is 10.0. The fourth-order valence-electron chi connectivity index (χ4n) is 3.12. The van der Waals surface area contributed by atoms with E-state index >= 15 is 0 Å². The van der Waals surface area contributed by atoms with Crippen LogP contribution < -0.4 is 0 Å². The molecule has 0 aliphatic carbocycles. The SMILES string of the molecule is COC(=O)[C@H]1CCCCN1C(=O)c1cccc(Cn2ccnc2)c1. The van der Waals surface area contributed by atoms with Gasteiger partial charge in [-0.2, -0.15) is 0 Å². The van der Waals surface area contributed by atoms with Crippen LogP contribution in [0.15, 0.2) is 43.0 Å². The average molecular weight is 327 g/mol. The first-order chi connectivity index (χ1) is 11.7. The predicted octanol–water partition coefficient (Wildman–Crippen LogP) is 2.10. The first kappa shape index (κ1) is 16.2. The summed E-state index contributed by atoms with van der Waals surface area (Å²) in [5.41, 5.74) is 1.62. The monoisotopic (exact) mass is 327 g/mol. The van der Waals surface area contributed by atoms with Gasteiger partial charge in [-0.05, 0) is 37.0 Å². The van der Waals surface area contributed by atoms with Crippen molar-refractivity contribution in [2.24, 2.45) is 0 Å². The van der Waals surface area contributed by atoms with Crippen LogP contribution in [0.25, 0.3) is 0 Å². The summed E-state index contributed by atoms with van der Waals surface area (Å²) in [5.74, 6) is -0.449. The maximum Gasteiger partial charge on any atom is 0.328 e. The second-order valence-electron chi connectivity index (χ2n) is 5.97. The van der Waals surface area contributed by atoms with Gasteiger partial charge in [-0.3, -0.25) is 4.79 Å². The number of esters is 1. The lowest BCUT2D eigenvalue weighted by molar-refractivity contribution is -0.147. The summed E-state index contributed by atoms with van der Waals surface area (Å²) in [7, 11) is 1.37. The van der Waals surface area contributed by atoms with Gasteiger partial charge in [0.05, 0.1) is 13.4 Å². The molecule has 6 nitrogen and oxygen atoms in total. The number of piperidine rings is 1. The molecule has 0 N–H and O–H groups in total. The molecule has 0 radical (unpaired) electrons. The van der Waals surface area contributed by atoms with Gasteiger partial charge in [-0.25, -0.2) is 9.78 Å². The van der Waals surface area contributed by atoms with E-state index in [0.717, 1.165) is 18.4 Å². The zero-order valence-corrected chi connectivity index (χ0v) is 13.7. The third kappa shape index (κ3) is 3.48. The van der Waals surface area contributed by atoms with Crippen LogP contribution in [-0.2, 0) is 16.1 Å². The Morgan fingerprint density at radius 2 is 2.21 bits per heavy atom. The lowest BCUT2D eigenvalue weighted by Gasteiger charge is -2.33. The van der Waals surface area contributed by atoms with Crippen LogP contribution >= 0.6 is 0 Å². The number of hydrogen-bond acceptors (Lipinski definition) is 4. The number of carbonyl (C=O) groups excluding carboxylic acids is 2. The first-order valence-corrected chi connectivity index (χ1v) is 8.12. The number of methoxy groups -OCH3 is 1. The summed E-state index contributed by atoms with van der Waals surface area (Å²) < 4.78 is 6.80. The van der Waals surface area contributed by atoms with Gasteiger partial charge in [0.25, 0.3) is 5.91 Å². The van der Waals surface area contributed by atoms with Crippen molar-refractivity contribution in [1.29, 1.82) is 0 Å². The van der Waals surface area contributed by atoms with Crippen molar-refractivity contribution in [1.82, 2.24) is 14.5 Å². The van der Waals surface area contributed by atoms with Gasteiger partial charge in [-0.15, -0.1) is 0 Å². The first-order valence-electron chi connectivity index (χ1n) is 8.12. The fraction of sp³-hybridized carbons (Fsp3) is 0.389. The maximum atomic E-state index is 12.9. The molecule has 0 spiro atoms. The van der Waals surface area contributed by atoms with Gasteiger partial charge >= 0.3 is 5.97 Å². The number of hydrogen-bond donors (Lipinski definition) is 0. The Balaban J connectivity index is 1.79. The smallest absolute Gasteiger partial charge is 0.328 e. The minimum absolute atomic E-state index is 0.113. The Morgan fingerprint density at radius 1 is 1.33 bits per heavy atom. The molecule has 2 aromatic rings. The number of likely N-dealkylation sites (tertiary alicyclic amines) is 1. The third-order valence-electron chi connectivity index (χ3n) is 4.34. The maximum absolute atomic E-state index is 12.9. The van der Waals surface area contributed by atoms with Gasteiger partial charge in [0, 0.05) is 31.0 Å². The van der Waals surface area contributed by atoms with Crippen LogP contribution in [0.2, 0.25) is 0 Å². The van der Waals surface area contributed by atoms with Crippen molar-refractivity contribution in [3.8, 4) is 0 Å². The van der Waals surface area contributed by atoms with E-state index in [1.807, 2.05) is 29.0 Å². The van der Waals surface area contributed by atoms with Crippen LogP contribution in [-0.4, -0.2) is 46.0 Å². The Morgan fingerprint density at radius 3 is 2.96 bits per heavy atom. The molecule has 126 valence electrons. The molecule has 0 saturated carbocycles.